The van der Waals surface area contributed by atoms with Crippen LogP contribution < -0.4 is 5.32 Å². The van der Waals surface area contributed by atoms with E-state index in [0.29, 0.717) is 24.9 Å². The molecule has 2 N–H and O–H groups in total. The summed E-state index contributed by atoms with van der Waals surface area (Å²) in [7, 11) is 0. The molecule has 0 aromatic heterocycles. The Bertz CT molecular complexity index is 588. The van der Waals surface area contributed by atoms with Crippen LogP contribution in [0.15, 0.2) is 18.2 Å². The van der Waals surface area contributed by atoms with Crippen molar-refractivity contribution < 1.29 is 14.7 Å². The van der Waals surface area contributed by atoms with Gasteiger partial charge in [0, 0.05) is 17.7 Å². The number of hydrogen-bond acceptors (Lipinski definition) is 3. The number of carbonyl (C=O) groups excluding carboxylic acids is 2. The fourth-order valence-electron chi connectivity index (χ4n) is 3.60. The van der Waals surface area contributed by atoms with E-state index < -0.39 is 5.60 Å². The van der Waals surface area contributed by atoms with Crippen LogP contribution in [-0.4, -0.2) is 22.4 Å². The number of aryl methyl sites for hydroxylation is 1. The molecule has 2 aliphatic rings. The number of Topliss-reactive ketones (excluding diaryl/α,β-unsaturated/α-hetero) is 1. The highest BCUT2D eigenvalue weighted by Crippen LogP contribution is 2.31. The van der Waals surface area contributed by atoms with Gasteiger partial charge in [0.05, 0.1) is 12.0 Å². The smallest absolute Gasteiger partial charge is 0.227 e. The van der Waals surface area contributed by atoms with Gasteiger partial charge in [-0.05, 0) is 43.4 Å². The van der Waals surface area contributed by atoms with Crippen LogP contribution in [0.25, 0.3) is 0 Å². The minimum atomic E-state index is -0.855. The fraction of sp³-hybridized carbons (Fsp3) is 0.556. The lowest BCUT2D eigenvalue weighted by atomic mass is 9.82. The Kier molecular flexibility index (Phi) is 4.30. The Hall–Kier alpha value is -1.68. The molecule has 4 heteroatoms. The number of fused-ring (bicyclic) bond motifs is 1. The second kappa shape index (κ2) is 6.21. The molecule has 2 aliphatic carbocycles. The molecule has 0 atom stereocenters. The lowest BCUT2D eigenvalue weighted by molar-refractivity contribution is -0.122. The summed E-state index contributed by atoms with van der Waals surface area (Å²) >= 11 is 0. The van der Waals surface area contributed by atoms with Crippen molar-refractivity contribution in [2.24, 2.45) is 0 Å². The summed E-state index contributed by atoms with van der Waals surface area (Å²) in [6.07, 6.45) is 7.05. The minimum absolute atomic E-state index is 0.137. The van der Waals surface area contributed by atoms with Crippen molar-refractivity contribution in [1.82, 2.24) is 0 Å². The van der Waals surface area contributed by atoms with Crippen LogP contribution in [0.5, 0.6) is 0 Å². The molecule has 0 radical (unpaired) electrons. The maximum Gasteiger partial charge on any atom is 0.227 e. The van der Waals surface area contributed by atoms with Crippen LogP contribution in [-0.2, 0) is 11.2 Å². The predicted octanol–water partition coefficient (Wildman–Crippen LogP) is 3.23. The van der Waals surface area contributed by atoms with Crippen molar-refractivity contribution in [2.75, 3.05) is 5.32 Å². The predicted molar refractivity (Wildman–Crippen MR) is 85.0 cm³/mol. The standard InChI is InChI=1S/C18H23NO3/c20-16-6-4-5-13-7-8-14(11-15(13)16)19-17(21)12-18(22)9-2-1-3-10-18/h7-8,11,22H,1-6,9-10,12H2,(H,19,21). The number of anilines is 1. The van der Waals surface area contributed by atoms with Crippen LogP contribution in [0, 0.1) is 0 Å². The number of hydrogen-bond donors (Lipinski definition) is 2. The van der Waals surface area contributed by atoms with Crippen molar-refractivity contribution in [1.29, 1.82) is 0 Å². The lowest BCUT2D eigenvalue weighted by Gasteiger charge is -2.31. The van der Waals surface area contributed by atoms with Gasteiger partial charge in [-0.15, -0.1) is 0 Å². The average Bonchev–Trinajstić information content (AvgIpc) is 2.48. The molecule has 0 unspecified atom stereocenters. The Balaban J connectivity index is 1.66. The highest BCUT2D eigenvalue weighted by molar-refractivity contribution is 6.00. The Morgan fingerprint density at radius 2 is 1.91 bits per heavy atom. The number of rotatable bonds is 3. The topological polar surface area (TPSA) is 66.4 Å². The molecule has 1 amide bonds. The van der Waals surface area contributed by atoms with Crippen molar-refractivity contribution in [3.8, 4) is 0 Å². The van der Waals surface area contributed by atoms with E-state index in [4.69, 9.17) is 0 Å². The quantitative estimate of drug-likeness (QED) is 0.900. The van der Waals surface area contributed by atoms with Gasteiger partial charge in [-0.2, -0.15) is 0 Å². The summed E-state index contributed by atoms with van der Waals surface area (Å²) in [4.78, 5) is 24.1. The van der Waals surface area contributed by atoms with Crippen molar-refractivity contribution in [3.63, 3.8) is 0 Å². The molecule has 0 heterocycles. The maximum absolute atomic E-state index is 12.2. The summed E-state index contributed by atoms with van der Waals surface area (Å²) in [6, 6.07) is 5.55. The van der Waals surface area contributed by atoms with Gasteiger partial charge >= 0.3 is 0 Å². The summed E-state index contributed by atoms with van der Waals surface area (Å²) in [6.45, 7) is 0. The molecule has 118 valence electrons. The lowest BCUT2D eigenvalue weighted by Crippen LogP contribution is -2.35. The van der Waals surface area contributed by atoms with E-state index >= 15 is 0 Å². The molecule has 0 spiro atoms. The van der Waals surface area contributed by atoms with Gasteiger partial charge < -0.3 is 10.4 Å². The summed E-state index contributed by atoms with van der Waals surface area (Å²) < 4.78 is 0. The molecule has 3 rings (SSSR count). The van der Waals surface area contributed by atoms with E-state index in [1.54, 1.807) is 6.07 Å². The summed E-state index contributed by atoms with van der Waals surface area (Å²) in [5.41, 5.74) is 1.60. The average molecular weight is 301 g/mol. The molecule has 1 aromatic rings. The van der Waals surface area contributed by atoms with Crippen molar-refractivity contribution >= 4 is 17.4 Å². The molecule has 0 bridgehead atoms. The normalized spacial score (nSPS) is 20.3. The highest BCUT2D eigenvalue weighted by atomic mass is 16.3. The molecular weight excluding hydrogens is 278 g/mol. The number of ketones is 1. The molecule has 1 saturated carbocycles. The third-order valence-corrected chi connectivity index (χ3v) is 4.82. The first kappa shape index (κ1) is 15.2. The molecule has 1 aromatic carbocycles. The van der Waals surface area contributed by atoms with Gasteiger partial charge in [0.25, 0.3) is 0 Å². The number of benzene rings is 1. The number of nitrogens with one attached hydrogen (secondary N) is 1. The van der Waals surface area contributed by atoms with E-state index in [9.17, 15) is 14.7 Å². The largest absolute Gasteiger partial charge is 0.389 e. The first-order valence-electron chi connectivity index (χ1n) is 8.24. The van der Waals surface area contributed by atoms with Crippen LogP contribution in [0.2, 0.25) is 0 Å². The molecular formula is C18H23NO3. The van der Waals surface area contributed by atoms with Crippen LogP contribution in [0.4, 0.5) is 5.69 Å². The van der Waals surface area contributed by atoms with Gasteiger partial charge in [0.2, 0.25) is 5.91 Å². The van der Waals surface area contributed by atoms with E-state index in [0.717, 1.165) is 43.2 Å². The van der Waals surface area contributed by atoms with Gasteiger partial charge in [0.1, 0.15) is 0 Å². The molecule has 4 nitrogen and oxygen atoms in total. The Labute approximate surface area is 130 Å². The maximum atomic E-state index is 12.2. The second-order valence-corrected chi connectivity index (χ2v) is 6.66. The zero-order chi connectivity index (χ0) is 15.6. The monoisotopic (exact) mass is 301 g/mol. The number of carbonyl (C=O) groups is 2. The minimum Gasteiger partial charge on any atom is -0.389 e. The first-order chi connectivity index (χ1) is 10.6. The molecule has 22 heavy (non-hydrogen) atoms. The number of aliphatic hydroxyl groups is 1. The SMILES string of the molecule is O=C(CC1(O)CCCCC1)Nc1ccc2c(c1)C(=O)CCC2. The second-order valence-electron chi connectivity index (χ2n) is 6.66. The third kappa shape index (κ3) is 3.38. The summed E-state index contributed by atoms with van der Waals surface area (Å²) in [5, 5.41) is 13.3. The molecule has 0 saturated heterocycles. The Morgan fingerprint density at radius 3 is 2.68 bits per heavy atom. The van der Waals surface area contributed by atoms with Gasteiger partial charge in [0.15, 0.2) is 5.78 Å². The Morgan fingerprint density at radius 1 is 1.14 bits per heavy atom. The third-order valence-electron chi connectivity index (χ3n) is 4.82. The number of amides is 1. The van der Waals surface area contributed by atoms with Gasteiger partial charge in [-0.25, -0.2) is 0 Å². The van der Waals surface area contributed by atoms with E-state index in [1.165, 1.54) is 0 Å². The van der Waals surface area contributed by atoms with Gasteiger partial charge in [-0.1, -0.05) is 25.3 Å². The van der Waals surface area contributed by atoms with E-state index in [-0.39, 0.29) is 18.1 Å². The van der Waals surface area contributed by atoms with Crippen molar-refractivity contribution in [3.05, 3.63) is 29.3 Å². The molecule has 0 aliphatic heterocycles. The zero-order valence-corrected chi connectivity index (χ0v) is 12.9. The molecule has 1 fully saturated rings. The fourth-order valence-corrected chi connectivity index (χ4v) is 3.60. The van der Waals surface area contributed by atoms with Crippen molar-refractivity contribution in [2.45, 2.75) is 63.4 Å². The first-order valence-corrected chi connectivity index (χ1v) is 8.24. The van der Waals surface area contributed by atoms with Gasteiger partial charge in [-0.3, -0.25) is 9.59 Å². The van der Waals surface area contributed by atoms with Crippen LogP contribution in [0.3, 0.4) is 0 Å². The van der Waals surface area contributed by atoms with Crippen LogP contribution >= 0.6 is 0 Å². The zero-order valence-electron chi connectivity index (χ0n) is 12.9. The summed E-state index contributed by atoms with van der Waals surface area (Å²) in [5.74, 6) is -0.0177. The van der Waals surface area contributed by atoms with Crippen LogP contribution in [0.1, 0.15) is 67.3 Å². The van der Waals surface area contributed by atoms with E-state index in [1.807, 2.05) is 12.1 Å². The van der Waals surface area contributed by atoms with E-state index in [2.05, 4.69) is 5.32 Å². The highest BCUT2D eigenvalue weighted by Gasteiger charge is 2.31.